The van der Waals surface area contributed by atoms with E-state index in [-0.39, 0.29) is 5.92 Å². The second kappa shape index (κ2) is 7.00. The minimum absolute atomic E-state index is 0.101. The summed E-state index contributed by atoms with van der Waals surface area (Å²) in [5.74, 6) is 0.842. The number of hydrogen-bond donors (Lipinski definition) is 0. The van der Waals surface area contributed by atoms with Gasteiger partial charge in [0, 0.05) is 43.2 Å². The molecule has 0 aliphatic carbocycles. The molecule has 3 aliphatic rings. The summed E-state index contributed by atoms with van der Waals surface area (Å²) < 4.78 is 0. The highest BCUT2D eigenvalue weighted by Gasteiger charge is 2.47. The van der Waals surface area contributed by atoms with Crippen molar-refractivity contribution >= 4 is 11.5 Å². The quantitative estimate of drug-likeness (QED) is 0.765. The number of Topliss-reactive ketones (excluding diaryl/α,β-unsaturated/α-hetero) is 1. The lowest BCUT2D eigenvalue weighted by molar-refractivity contribution is -0.123. The molecule has 0 saturated carbocycles. The van der Waals surface area contributed by atoms with Crippen LogP contribution in [0.25, 0.3) is 0 Å². The first-order chi connectivity index (χ1) is 12.7. The lowest BCUT2D eigenvalue weighted by Crippen LogP contribution is -2.29. The van der Waals surface area contributed by atoms with E-state index in [2.05, 4.69) is 29.3 Å². The van der Waals surface area contributed by atoms with Gasteiger partial charge in [0.15, 0.2) is 6.19 Å². The molecule has 0 N–H and O–H groups in total. The van der Waals surface area contributed by atoms with Crippen molar-refractivity contribution < 1.29 is 4.79 Å². The normalized spacial score (nSPS) is 29.6. The first kappa shape index (κ1) is 16.9. The average Bonchev–Trinajstić information content (AvgIpc) is 3.36. The smallest absolute Gasteiger partial charge is 0.179 e. The molecule has 1 aromatic rings. The van der Waals surface area contributed by atoms with Crippen molar-refractivity contribution in [1.82, 2.24) is 4.90 Å². The van der Waals surface area contributed by atoms with Crippen molar-refractivity contribution in [3.05, 3.63) is 29.8 Å². The Labute approximate surface area is 154 Å². The molecule has 3 saturated heterocycles. The Bertz CT molecular complexity index is 777. The summed E-state index contributed by atoms with van der Waals surface area (Å²) in [6.07, 6.45) is 7.48. The average molecular weight is 348 g/mol. The van der Waals surface area contributed by atoms with Crippen LogP contribution < -0.4 is 4.90 Å². The Morgan fingerprint density at radius 2 is 2.12 bits per heavy atom. The molecule has 3 heterocycles. The monoisotopic (exact) mass is 348 g/mol. The van der Waals surface area contributed by atoms with E-state index >= 15 is 0 Å². The van der Waals surface area contributed by atoms with Gasteiger partial charge in [-0.05, 0) is 49.3 Å². The molecule has 4 atom stereocenters. The SMILES string of the molecule is N#CCc1cccc(N2CC[C@H](C(=O)C[C@@H]3C[C@@H]4CC[C@H]3N4C#N)C2)c1. The number of fused-ring (bicyclic) bond motifs is 2. The number of ketones is 1. The molecule has 0 spiro atoms. The highest BCUT2D eigenvalue weighted by atomic mass is 16.1. The van der Waals surface area contributed by atoms with Crippen LogP contribution in [0, 0.1) is 34.6 Å². The fourth-order valence-corrected chi connectivity index (χ4v) is 5.13. The van der Waals surface area contributed by atoms with Gasteiger partial charge in [-0.25, -0.2) is 0 Å². The van der Waals surface area contributed by atoms with E-state index < -0.39 is 0 Å². The summed E-state index contributed by atoms with van der Waals surface area (Å²) in [7, 11) is 0. The Hall–Kier alpha value is -2.53. The van der Waals surface area contributed by atoms with Gasteiger partial charge in [-0.15, -0.1) is 0 Å². The van der Waals surface area contributed by atoms with Crippen LogP contribution in [0.3, 0.4) is 0 Å². The maximum atomic E-state index is 12.8. The molecule has 3 aliphatic heterocycles. The highest BCUT2D eigenvalue weighted by molar-refractivity contribution is 5.82. The molecule has 5 nitrogen and oxygen atoms in total. The van der Waals surface area contributed by atoms with Crippen LogP contribution >= 0.6 is 0 Å². The minimum atomic E-state index is 0.101. The fourth-order valence-electron chi connectivity index (χ4n) is 5.13. The third-order valence-corrected chi connectivity index (χ3v) is 6.45. The van der Waals surface area contributed by atoms with Gasteiger partial charge in [0.1, 0.15) is 5.78 Å². The standard InChI is InChI=1S/C21H24N4O/c22-8-6-15-2-1-3-18(10-15)24-9-7-16(13-24)21(26)12-17-11-19-4-5-20(17)25(19)14-23/h1-3,10,16-17,19-20H,4-7,9,11-13H2/t16-,17-,19-,20+/m0/s1. The van der Waals surface area contributed by atoms with Crippen LogP contribution in [0.4, 0.5) is 5.69 Å². The lowest BCUT2D eigenvalue weighted by Gasteiger charge is -2.22. The molecule has 4 rings (SSSR count). The van der Waals surface area contributed by atoms with Gasteiger partial charge in [0.2, 0.25) is 0 Å². The largest absolute Gasteiger partial charge is 0.371 e. The predicted molar refractivity (Wildman–Crippen MR) is 98.1 cm³/mol. The topological polar surface area (TPSA) is 71.1 Å². The van der Waals surface area contributed by atoms with E-state index in [1.807, 2.05) is 17.0 Å². The molecule has 0 amide bonds. The van der Waals surface area contributed by atoms with Crippen LogP contribution in [-0.2, 0) is 11.2 Å². The van der Waals surface area contributed by atoms with E-state index in [0.29, 0.717) is 36.6 Å². The zero-order chi connectivity index (χ0) is 18.1. The molecule has 2 bridgehead atoms. The van der Waals surface area contributed by atoms with Crippen molar-refractivity contribution in [3.63, 3.8) is 0 Å². The molecule has 134 valence electrons. The lowest BCUT2D eigenvalue weighted by atomic mass is 9.83. The number of benzene rings is 1. The summed E-state index contributed by atoms with van der Waals surface area (Å²) in [6.45, 7) is 1.67. The number of carbonyl (C=O) groups excluding carboxylic acids is 1. The molecular weight excluding hydrogens is 324 g/mol. The second-order valence-electron chi connectivity index (χ2n) is 7.91. The molecule has 3 fully saturated rings. The van der Waals surface area contributed by atoms with Crippen molar-refractivity contribution in [2.75, 3.05) is 18.0 Å². The number of hydrogen-bond acceptors (Lipinski definition) is 5. The van der Waals surface area contributed by atoms with Gasteiger partial charge in [-0.3, -0.25) is 4.79 Å². The number of anilines is 1. The summed E-state index contributed by atoms with van der Waals surface area (Å²) in [6, 6.07) is 11.0. The van der Waals surface area contributed by atoms with E-state index in [0.717, 1.165) is 50.0 Å². The van der Waals surface area contributed by atoms with Crippen LogP contribution in [-0.4, -0.2) is 35.9 Å². The Morgan fingerprint density at radius 3 is 2.88 bits per heavy atom. The van der Waals surface area contributed by atoms with Gasteiger partial charge >= 0.3 is 0 Å². The van der Waals surface area contributed by atoms with E-state index in [9.17, 15) is 10.1 Å². The number of nitrogens with zero attached hydrogens (tertiary/aromatic N) is 4. The van der Waals surface area contributed by atoms with E-state index in [4.69, 9.17) is 5.26 Å². The number of rotatable bonds is 5. The van der Waals surface area contributed by atoms with Gasteiger partial charge in [-0.1, -0.05) is 12.1 Å². The summed E-state index contributed by atoms with van der Waals surface area (Å²) in [5, 5.41) is 18.2. The number of nitriles is 2. The second-order valence-corrected chi connectivity index (χ2v) is 7.91. The van der Waals surface area contributed by atoms with Crippen molar-refractivity contribution in [2.24, 2.45) is 11.8 Å². The Balaban J connectivity index is 1.36. The van der Waals surface area contributed by atoms with Crippen LogP contribution in [0.5, 0.6) is 0 Å². The molecule has 1 aromatic carbocycles. The first-order valence-electron chi connectivity index (χ1n) is 9.61. The van der Waals surface area contributed by atoms with Crippen LogP contribution in [0.2, 0.25) is 0 Å². The molecule has 0 radical (unpaired) electrons. The van der Waals surface area contributed by atoms with Crippen LogP contribution in [0.15, 0.2) is 24.3 Å². The van der Waals surface area contributed by atoms with Crippen molar-refractivity contribution in [2.45, 2.75) is 50.6 Å². The third-order valence-electron chi connectivity index (χ3n) is 6.45. The van der Waals surface area contributed by atoms with Gasteiger partial charge in [0.25, 0.3) is 0 Å². The van der Waals surface area contributed by atoms with Gasteiger partial charge in [-0.2, -0.15) is 10.5 Å². The zero-order valence-electron chi connectivity index (χ0n) is 15.0. The first-order valence-corrected chi connectivity index (χ1v) is 9.61. The third kappa shape index (κ3) is 3.03. The van der Waals surface area contributed by atoms with Gasteiger partial charge < -0.3 is 9.80 Å². The maximum Gasteiger partial charge on any atom is 0.179 e. The number of carbonyl (C=O) groups is 1. The van der Waals surface area contributed by atoms with Crippen molar-refractivity contribution in [3.8, 4) is 12.3 Å². The maximum absolute atomic E-state index is 12.8. The molecule has 26 heavy (non-hydrogen) atoms. The summed E-state index contributed by atoms with van der Waals surface area (Å²) in [5.41, 5.74) is 2.14. The van der Waals surface area contributed by atoms with Gasteiger partial charge in [0.05, 0.1) is 12.5 Å². The van der Waals surface area contributed by atoms with E-state index in [1.54, 1.807) is 0 Å². The van der Waals surface area contributed by atoms with Crippen molar-refractivity contribution in [1.29, 1.82) is 10.5 Å². The highest BCUT2D eigenvalue weighted by Crippen LogP contribution is 2.43. The Kier molecular flexibility index (Phi) is 4.55. The summed E-state index contributed by atoms with van der Waals surface area (Å²) >= 11 is 0. The minimum Gasteiger partial charge on any atom is -0.371 e. The molecule has 0 aromatic heterocycles. The fraction of sp³-hybridized carbons (Fsp3) is 0.571. The summed E-state index contributed by atoms with van der Waals surface area (Å²) in [4.78, 5) is 17.1. The predicted octanol–water partition coefficient (Wildman–Crippen LogP) is 2.87. The zero-order valence-corrected chi connectivity index (χ0v) is 15.0. The molecule has 5 heteroatoms. The van der Waals surface area contributed by atoms with E-state index in [1.165, 1.54) is 0 Å². The Morgan fingerprint density at radius 1 is 1.23 bits per heavy atom. The van der Waals surface area contributed by atoms with Crippen LogP contribution in [0.1, 0.15) is 37.7 Å². The molecular formula is C21H24N4O. The molecule has 0 unspecified atom stereocenters.